The minimum atomic E-state index is -1.33. The zero-order valence-corrected chi connectivity index (χ0v) is 14.1. The minimum absolute atomic E-state index is 0.157. The topological polar surface area (TPSA) is 110 Å². The summed E-state index contributed by atoms with van der Waals surface area (Å²) in [6.45, 7) is 0.157. The van der Waals surface area contributed by atoms with Crippen LogP contribution in [-0.4, -0.2) is 35.5 Å². The number of nitrogens with zero attached hydrogens (tertiary/aromatic N) is 4. The summed E-state index contributed by atoms with van der Waals surface area (Å²) in [5, 5.41) is 25.3. The fourth-order valence-electron chi connectivity index (χ4n) is 2.77. The first-order valence-electron chi connectivity index (χ1n) is 7.56. The fraction of sp³-hybridized carbons (Fsp3) is 0.0588. The molecule has 0 fully saturated rings. The molecule has 0 aliphatic carbocycles. The Morgan fingerprint density at radius 1 is 1.23 bits per heavy atom. The van der Waals surface area contributed by atoms with Crippen LogP contribution in [0.1, 0.15) is 15.9 Å². The molecule has 0 saturated heterocycles. The second-order valence-corrected chi connectivity index (χ2v) is 6.47. The summed E-state index contributed by atoms with van der Waals surface area (Å²) in [6, 6.07) is 5.27. The van der Waals surface area contributed by atoms with Crippen LogP contribution in [0.25, 0.3) is 15.9 Å². The number of aromatic hydroxyl groups is 1. The van der Waals surface area contributed by atoms with Gasteiger partial charge in [0.05, 0.1) is 28.6 Å². The lowest BCUT2D eigenvalue weighted by Crippen LogP contribution is -2.22. The van der Waals surface area contributed by atoms with E-state index in [1.165, 1.54) is 4.57 Å². The van der Waals surface area contributed by atoms with Gasteiger partial charge in [0, 0.05) is 24.2 Å². The number of fused-ring (bicyclic) bond motifs is 1. The number of hydrogen-bond acceptors (Lipinski definition) is 6. The van der Waals surface area contributed by atoms with E-state index in [-0.39, 0.29) is 12.1 Å². The molecule has 4 aromatic rings. The highest BCUT2D eigenvalue weighted by molar-refractivity contribution is 7.17. The van der Waals surface area contributed by atoms with E-state index in [0.717, 1.165) is 22.6 Å². The highest BCUT2D eigenvalue weighted by Crippen LogP contribution is 2.29. The second kappa shape index (κ2) is 6.12. The average molecular weight is 368 g/mol. The van der Waals surface area contributed by atoms with Gasteiger partial charge in [0.15, 0.2) is 5.75 Å². The SMILES string of the molecule is O=C(O)c1c(O)c(=O)n(Cc2cnn(-c3ccncc3)c2)c2ccsc12. The van der Waals surface area contributed by atoms with Crippen LogP contribution >= 0.6 is 11.3 Å². The molecule has 4 rings (SSSR count). The molecule has 8 nitrogen and oxygen atoms in total. The molecule has 4 aromatic heterocycles. The molecule has 9 heteroatoms. The lowest BCUT2D eigenvalue weighted by atomic mass is 10.2. The van der Waals surface area contributed by atoms with Crippen molar-refractivity contribution in [2.45, 2.75) is 6.54 Å². The maximum absolute atomic E-state index is 12.5. The summed E-state index contributed by atoms with van der Waals surface area (Å²) >= 11 is 1.16. The molecule has 0 radical (unpaired) electrons. The summed E-state index contributed by atoms with van der Waals surface area (Å²) in [6.07, 6.45) is 6.69. The Morgan fingerprint density at radius 3 is 2.73 bits per heavy atom. The molecular formula is C17H12N4O4S. The second-order valence-electron chi connectivity index (χ2n) is 5.55. The first-order valence-corrected chi connectivity index (χ1v) is 8.44. The van der Waals surface area contributed by atoms with E-state index in [2.05, 4.69) is 10.1 Å². The van der Waals surface area contributed by atoms with Crippen molar-refractivity contribution in [3.05, 3.63) is 69.8 Å². The van der Waals surface area contributed by atoms with E-state index >= 15 is 0 Å². The summed E-state index contributed by atoms with van der Waals surface area (Å²) in [4.78, 5) is 27.9. The smallest absolute Gasteiger partial charge is 0.341 e. The zero-order chi connectivity index (χ0) is 18.3. The Balaban J connectivity index is 1.80. The molecular weight excluding hydrogens is 356 g/mol. The van der Waals surface area contributed by atoms with E-state index in [1.807, 2.05) is 0 Å². The Kier molecular flexibility index (Phi) is 3.77. The van der Waals surface area contributed by atoms with Gasteiger partial charge in [-0.1, -0.05) is 0 Å². The number of rotatable bonds is 4. The Labute approximate surface area is 150 Å². The summed E-state index contributed by atoms with van der Waals surface area (Å²) < 4.78 is 3.36. The summed E-state index contributed by atoms with van der Waals surface area (Å²) in [5.74, 6) is -2.08. The average Bonchev–Trinajstić information content (AvgIpc) is 3.29. The van der Waals surface area contributed by atoms with Crippen LogP contribution in [0, 0.1) is 0 Å². The third-order valence-electron chi connectivity index (χ3n) is 3.96. The van der Waals surface area contributed by atoms with Crippen molar-refractivity contribution in [2.75, 3.05) is 0 Å². The minimum Gasteiger partial charge on any atom is -0.502 e. The Bertz CT molecular complexity index is 1180. The third-order valence-corrected chi connectivity index (χ3v) is 4.89. The summed E-state index contributed by atoms with van der Waals surface area (Å²) in [5.41, 5.74) is 0.919. The Morgan fingerprint density at radius 2 is 2.00 bits per heavy atom. The van der Waals surface area contributed by atoms with Crippen molar-refractivity contribution < 1.29 is 15.0 Å². The van der Waals surface area contributed by atoms with Gasteiger partial charge in [-0.25, -0.2) is 9.48 Å². The van der Waals surface area contributed by atoms with E-state index in [4.69, 9.17) is 0 Å². The largest absolute Gasteiger partial charge is 0.502 e. The van der Waals surface area contributed by atoms with Crippen LogP contribution in [0.4, 0.5) is 0 Å². The standard InChI is InChI=1S/C17H12N4O4S/c22-14-13(17(24)25)15-12(3-6-26-15)20(16(14)23)8-10-7-19-21(9-10)11-1-4-18-5-2-11/h1-7,9,22H,8H2,(H,24,25). The quantitative estimate of drug-likeness (QED) is 0.571. The van der Waals surface area contributed by atoms with Crippen LogP contribution in [0.15, 0.2) is 53.2 Å². The number of aromatic nitrogens is 4. The lowest BCUT2D eigenvalue weighted by Gasteiger charge is -2.09. The van der Waals surface area contributed by atoms with Gasteiger partial charge in [-0.2, -0.15) is 5.10 Å². The van der Waals surface area contributed by atoms with Gasteiger partial charge in [0.1, 0.15) is 5.56 Å². The van der Waals surface area contributed by atoms with Gasteiger partial charge in [-0.05, 0) is 23.6 Å². The van der Waals surface area contributed by atoms with Crippen LogP contribution in [-0.2, 0) is 6.54 Å². The third kappa shape index (κ3) is 2.54. The van der Waals surface area contributed by atoms with Crippen molar-refractivity contribution in [3.63, 3.8) is 0 Å². The van der Waals surface area contributed by atoms with Gasteiger partial charge in [-0.15, -0.1) is 11.3 Å². The molecule has 26 heavy (non-hydrogen) atoms. The molecule has 0 aromatic carbocycles. The van der Waals surface area contributed by atoms with Crippen LogP contribution in [0.5, 0.6) is 5.75 Å². The molecule has 0 atom stereocenters. The number of carbonyl (C=O) groups is 1. The number of pyridine rings is 2. The molecule has 0 spiro atoms. The predicted molar refractivity (Wildman–Crippen MR) is 95.2 cm³/mol. The molecule has 4 heterocycles. The first kappa shape index (κ1) is 16.0. The zero-order valence-electron chi connectivity index (χ0n) is 13.2. The monoisotopic (exact) mass is 368 g/mol. The van der Waals surface area contributed by atoms with Crippen molar-refractivity contribution in [1.82, 2.24) is 19.3 Å². The molecule has 130 valence electrons. The van der Waals surface area contributed by atoms with Gasteiger partial charge >= 0.3 is 5.97 Å². The van der Waals surface area contributed by atoms with Crippen LogP contribution in [0.3, 0.4) is 0 Å². The normalized spacial score (nSPS) is 11.1. The van der Waals surface area contributed by atoms with Gasteiger partial charge < -0.3 is 10.2 Å². The van der Waals surface area contributed by atoms with E-state index < -0.39 is 17.3 Å². The van der Waals surface area contributed by atoms with E-state index in [1.54, 1.807) is 53.0 Å². The number of hydrogen-bond donors (Lipinski definition) is 2. The van der Waals surface area contributed by atoms with Crippen molar-refractivity contribution in [2.24, 2.45) is 0 Å². The number of thiophene rings is 1. The lowest BCUT2D eigenvalue weighted by molar-refractivity contribution is 0.0695. The van der Waals surface area contributed by atoms with Crippen LogP contribution < -0.4 is 5.56 Å². The highest BCUT2D eigenvalue weighted by atomic mass is 32.1. The molecule has 0 amide bonds. The fourth-order valence-corrected chi connectivity index (χ4v) is 3.71. The molecule has 2 N–H and O–H groups in total. The van der Waals surface area contributed by atoms with Crippen molar-refractivity contribution >= 4 is 27.5 Å². The molecule has 0 saturated carbocycles. The maximum atomic E-state index is 12.5. The van der Waals surface area contributed by atoms with Crippen LogP contribution in [0.2, 0.25) is 0 Å². The number of aromatic carboxylic acids is 1. The molecule has 0 unspecified atom stereocenters. The van der Waals surface area contributed by atoms with Crippen molar-refractivity contribution in [3.8, 4) is 11.4 Å². The van der Waals surface area contributed by atoms with Gasteiger partial charge in [0.25, 0.3) is 5.56 Å². The van der Waals surface area contributed by atoms with E-state index in [9.17, 15) is 19.8 Å². The van der Waals surface area contributed by atoms with Gasteiger partial charge in [-0.3, -0.25) is 14.3 Å². The number of carboxylic acid groups (broad SMARTS) is 1. The maximum Gasteiger partial charge on any atom is 0.341 e. The van der Waals surface area contributed by atoms with E-state index in [0.29, 0.717) is 10.2 Å². The highest BCUT2D eigenvalue weighted by Gasteiger charge is 2.22. The summed E-state index contributed by atoms with van der Waals surface area (Å²) in [7, 11) is 0. The molecule has 0 bridgehead atoms. The Hall–Kier alpha value is -3.46. The number of carboxylic acids is 1. The molecule has 0 aliphatic heterocycles. The van der Waals surface area contributed by atoms with Crippen molar-refractivity contribution in [1.29, 1.82) is 0 Å². The first-order chi connectivity index (χ1) is 12.6. The molecule has 0 aliphatic rings. The van der Waals surface area contributed by atoms with Gasteiger partial charge in [0.2, 0.25) is 0 Å². The predicted octanol–water partition coefficient (Wildman–Crippen LogP) is 2.10.